The van der Waals surface area contributed by atoms with Crippen molar-refractivity contribution in [1.82, 2.24) is 5.32 Å². The van der Waals surface area contributed by atoms with Crippen molar-refractivity contribution in [3.05, 3.63) is 90.2 Å². The van der Waals surface area contributed by atoms with Crippen molar-refractivity contribution in [3.63, 3.8) is 0 Å². The van der Waals surface area contributed by atoms with Crippen LogP contribution in [0.4, 0.5) is 10.1 Å². The van der Waals surface area contributed by atoms with Crippen LogP contribution in [0.5, 0.6) is 11.5 Å². The number of carbonyl (C=O) groups excluding carboxylic acids is 3. The topological polar surface area (TPSA) is 103 Å². The van der Waals surface area contributed by atoms with Crippen LogP contribution >= 0.6 is 0 Å². The maximum atomic E-state index is 13.7. The van der Waals surface area contributed by atoms with Gasteiger partial charge in [0.2, 0.25) is 0 Å². The van der Waals surface area contributed by atoms with Crippen LogP contribution < -0.4 is 20.1 Å². The SMILES string of the molecule is O=C(COC(=O)c1ccccc1OCC(=O)Nc1ccccc1F)NCCOc1ccccc1. The van der Waals surface area contributed by atoms with Gasteiger partial charge in [0.25, 0.3) is 11.8 Å². The first-order valence-electron chi connectivity index (χ1n) is 10.4. The standard InChI is InChI=1S/C25H23FN2O6/c26-20-11-5-6-12-21(20)28-24(30)17-33-22-13-7-4-10-19(22)25(31)34-16-23(29)27-14-15-32-18-8-2-1-3-9-18/h1-13H,14-17H2,(H,27,29)(H,28,30). The van der Waals surface area contributed by atoms with Gasteiger partial charge in [-0.15, -0.1) is 0 Å². The Bertz CT molecular complexity index is 1120. The largest absolute Gasteiger partial charge is 0.492 e. The maximum absolute atomic E-state index is 13.7. The zero-order chi connectivity index (χ0) is 24.2. The number of amides is 2. The molecule has 2 N–H and O–H groups in total. The van der Waals surface area contributed by atoms with E-state index in [0.29, 0.717) is 5.75 Å². The first-order chi connectivity index (χ1) is 16.5. The fraction of sp³-hybridized carbons (Fsp3) is 0.160. The van der Waals surface area contributed by atoms with Crippen molar-refractivity contribution < 1.29 is 33.0 Å². The molecule has 0 saturated carbocycles. The van der Waals surface area contributed by atoms with Gasteiger partial charge < -0.3 is 24.8 Å². The number of ether oxygens (including phenoxy) is 3. The third-order valence-corrected chi connectivity index (χ3v) is 4.38. The Morgan fingerprint density at radius 1 is 0.765 bits per heavy atom. The lowest BCUT2D eigenvalue weighted by Gasteiger charge is -2.12. The van der Waals surface area contributed by atoms with E-state index in [1.165, 1.54) is 30.3 Å². The van der Waals surface area contributed by atoms with Crippen molar-refractivity contribution in [2.75, 3.05) is 31.7 Å². The summed E-state index contributed by atoms with van der Waals surface area (Å²) in [6.07, 6.45) is 0. The summed E-state index contributed by atoms with van der Waals surface area (Å²) in [5.74, 6) is -1.70. The minimum absolute atomic E-state index is 0.0176. The van der Waals surface area contributed by atoms with E-state index in [1.54, 1.807) is 30.3 Å². The average molecular weight is 466 g/mol. The molecule has 0 spiro atoms. The van der Waals surface area contributed by atoms with Gasteiger partial charge in [-0.3, -0.25) is 9.59 Å². The Morgan fingerprint density at radius 2 is 1.47 bits per heavy atom. The van der Waals surface area contributed by atoms with Crippen molar-refractivity contribution in [1.29, 1.82) is 0 Å². The van der Waals surface area contributed by atoms with Gasteiger partial charge in [0.05, 0.1) is 12.2 Å². The van der Waals surface area contributed by atoms with Crippen LogP contribution in [0.2, 0.25) is 0 Å². The molecule has 0 fully saturated rings. The highest BCUT2D eigenvalue weighted by molar-refractivity contribution is 5.95. The zero-order valence-corrected chi connectivity index (χ0v) is 18.2. The predicted octanol–water partition coefficient (Wildman–Crippen LogP) is 3.20. The van der Waals surface area contributed by atoms with E-state index in [4.69, 9.17) is 14.2 Å². The van der Waals surface area contributed by atoms with Crippen LogP contribution in [0.3, 0.4) is 0 Å². The molecule has 0 radical (unpaired) electrons. The summed E-state index contributed by atoms with van der Waals surface area (Å²) in [7, 11) is 0. The molecule has 0 heterocycles. The predicted molar refractivity (Wildman–Crippen MR) is 122 cm³/mol. The van der Waals surface area contributed by atoms with Crippen molar-refractivity contribution >= 4 is 23.5 Å². The highest BCUT2D eigenvalue weighted by atomic mass is 19.1. The number of rotatable bonds is 11. The fourth-order valence-corrected chi connectivity index (χ4v) is 2.79. The first-order valence-corrected chi connectivity index (χ1v) is 10.4. The third kappa shape index (κ3) is 7.63. The summed E-state index contributed by atoms with van der Waals surface area (Å²) >= 11 is 0. The van der Waals surface area contributed by atoms with Crippen molar-refractivity contribution in [3.8, 4) is 11.5 Å². The number of anilines is 1. The smallest absolute Gasteiger partial charge is 0.342 e. The van der Waals surface area contributed by atoms with E-state index in [9.17, 15) is 18.8 Å². The molecule has 0 aliphatic rings. The lowest BCUT2D eigenvalue weighted by atomic mass is 10.2. The molecule has 3 aromatic carbocycles. The number of nitrogens with one attached hydrogen (secondary N) is 2. The number of para-hydroxylation sites is 3. The second-order valence-electron chi connectivity index (χ2n) is 6.90. The molecular weight excluding hydrogens is 443 g/mol. The van der Waals surface area contributed by atoms with E-state index >= 15 is 0 Å². The second-order valence-corrected chi connectivity index (χ2v) is 6.90. The molecule has 34 heavy (non-hydrogen) atoms. The minimum Gasteiger partial charge on any atom is -0.492 e. The van der Waals surface area contributed by atoms with E-state index in [2.05, 4.69) is 10.6 Å². The maximum Gasteiger partial charge on any atom is 0.342 e. The average Bonchev–Trinajstić information content (AvgIpc) is 2.86. The van der Waals surface area contributed by atoms with E-state index < -0.39 is 36.8 Å². The Labute approximate surface area is 195 Å². The lowest BCUT2D eigenvalue weighted by Crippen LogP contribution is -2.32. The van der Waals surface area contributed by atoms with Gasteiger partial charge in [0, 0.05) is 0 Å². The highest BCUT2D eigenvalue weighted by Crippen LogP contribution is 2.19. The normalized spacial score (nSPS) is 10.1. The number of halogens is 1. The van der Waals surface area contributed by atoms with Crippen LogP contribution in [-0.2, 0) is 14.3 Å². The van der Waals surface area contributed by atoms with Crippen LogP contribution in [0.25, 0.3) is 0 Å². The number of hydrogen-bond acceptors (Lipinski definition) is 6. The molecule has 0 atom stereocenters. The first kappa shape index (κ1) is 24.2. The molecule has 3 rings (SSSR count). The Hall–Kier alpha value is -4.40. The Kier molecular flexibility index (Phi) is 8.98. The molecule has 8 nitrogen and oxygen atoms in total. The molecular formula is C25H23FN2O6. The van der Waals surface area contributed by atoms with Gasteiger partial charge >= 0.3 is 5.97 Å². The zero-order valence-electron chi connectivity index (χ0n) is 18.2. The summed E-state index contributed by atoms with van der Waals surface area (Å²) in [4.78, 5) is 36.4. The van der Waals surface area contributed by atoms with Crippen molar-refractivity contribution in [2.45, 2.75) is 0 Å². The minimum atomic E-state index is -0.791. The quantitative estimate of drug-likeness (QED) is 0.332. The molecule has 0 aromatic heterocycles. The van der Waals surface area contributed by atoms with Crippen LogP contribution in [0.1, 0.15) is 10.4 Å². The summed E-state index contributed by atoms with van der Waals surface area (Å²) in [6, 6.07) is 21.0. The van der Waals surface area contributed by atoms with Gasteiger partial charge in [-0.25, -0.2) is 9.18 Å². The van der Waals surface area contributed by atoms with Crippen LogP contribution in [0, 0.1) is 5.82 Å². The number of hydrogen-bond donors (Lipinski definition) is 2. The van der Waals surface area contributed by atoms with Crippen LogP contribution in [-0.4, -0.2) is 44.1 Å². The Balaban J connectivity index is 1.43. The van der Waals surface area contributed by atoms with E-state index in [0.717, 1.165) is 0 Å². The summed E-state index contributed by atoms with van der Waals surface area (Å²) in [5, 5.41) is 4.97. The van der Waals surface area contributed by atoms with Gasteiger partial charge in [0.1, 0.15) is 29.5 Å². The van der Waals surface area contributed by atoms with E-state index in [1.807, 2.05) is 18.2 Å². The molecule has 0 aliphatic heterocycles. The summed E-state index contributed by atoms with van der Waals surface area (Å²) < 4.78 is 29.6. The Morgan fingerprint density at radius 3 is 2.26 bits per heavy atom. The molecule has 0 aliphatic carbocycles. The third-order valence-electron chi connectivity index (χ3n) is 4.38. The molecule has 3 aromatic rings. The van der Waals surface area contributed by atoms with E-state index in [-0.39, 0.29) is 30.2 Å². The lowest BCUT2D eigenvalue weighted by molar-refractivity contribution is -0.124. The molecule has 2 amide bonds. The highest BCUT2D eigenvalue weighted by Gasteiger charge is 2.16. The van der Waals surface area contributed by atoms with Crippen LogP contribution in [0.15, 0.2) is 78.9 Å². The van der Waals surface area contributed by atoms with Gasteiger partial charge in [-0.2, -0.15) is 0 Å². The van der Waals surface area contributed by atoms with Gasteiger partial charge in [0.15, 0.2) is 13.2 Å². The monoisotopic (exact) mass is 466 g/mol. The molecule has 176 valence electrons. The molecule has 0 saturated heterocycles. The summed E-state index contributed by atoms with van der Waals surface area (Å²) in [6.45, 7) is -0.454. The van der Waals surface area contributed by atoms with Crippen molar-refractivity contribution in [2.24, 2.45) is 0 Å². The number of benzene rings is 3. The molecule has 0 unspecified atom stereocenters. The number of esters is 1. The fourth-order valence-electron chi connectivity index (χ4n) is 2.79. The number of carbonyl (C=O) groups is 3. The molecule has 0 bridgehead atoms. The van der Waals surface area contributed by atoms with Gasteiger partial charge in [-0.05, 0) is 36.4 Å². The van der Waals surface area contributed by atoms with Gasteiger partial charge in [-0.1, -0.05) is 42.5 Å². The summed E-state index contributed by atoms with van der Waals surface area (Å²) in [5.41, 5.74) is 0.0605. The second kappa shape index (κ2) is 12.6. The molecule has 9 heteroatoms.